The Labute approximate surface area is 232 Å². The molecule has 202 valence electrons. The van der Waals surface area contributed by atoms with Crippen LogP contribution in [0.2, 0.25) is 0 Å². The lowest BCUT2D eigenvalue weighted by molar-refractivity contribution is 0.293. The molecule has 1 aliphatic heterocycles. The fraction of sp³-hybridized carbons (Fsp3) is 0.389. The summed E-state index contributed by atoms with van der Waals surface area (Å²) >= 11 is 0. The third-order valence-electron chi connectivity index (χ3n) is 7.36. The van der Waals surface area contributed by atoms with Crippen molar-refractivity contribution in [3.8, 4) is 11.5 Å². The van der Waals surface area contributed by atoms with Crippen LogP contribution in [0.25, 0.3) is 0 Å². The second-order valence-electron chi connectivity index (χ2n) is 11.6. The summed E-state index contributed by atoms with van der Waals surface area (Å²) in [6, 6.07) is 22.1. The van der Waals surface area contributed by atoms with Gasteiger partial charge in [0.25, 0.3) is 0 Å². The Hall–Kier alpha value is -3.26. The van der Waals surface area contributed by atoms with E-state index in [1.807, 2.05) is 13.8 Å². The molecule has 1 unspecified atom stereocenters. The molecule has 0 saturated heterocycles. The lowest BCUT2D eigenvalue weighted by Crippen LogP contribution is -2.28. The number of hydrogen-bond acceptors (Lipinski definition) is 2. The van der Waals surface area contributed by atoms with E-state index in [1.165, 1.54) is 22.3 Å². The van der Waals surface area contributed by atoms with Gasteiger partial charge < -0.3 is 9.64 Å². The van der Waals surface area contributed by atoms with Crippen LogP contribution in [0.3, 0.4) is 0 Å². The third kappa shape index (κ3) is 6.59. The Bertz CT molecular complexity index is 1240. The van der Waals surface area contributed by atoms with Gasteiger partial charge in [-0.15, -0.1) is 0 Å². The molecule has 2 nitrogen and oxygen atoms in total. The first-order chi connectivity index (χ1) is 18.0. The van der Waals surface area contributed by atoms with E-state index in [2.05, 4.69) is 139 Å². The molecule has 0 aromatic heterocycles. The number of hydrogen-bond donors (Lipinski definition) is 0. The Balaban J connectivity index is 0.00000195. The number of allylic oxidation sites excluding steroid dienone is 4. The first-order valence-electron chi connectivity index (χ1n) is 14.1. The molecule has 3 aromatic rings. The van der Waals surface area contributed by atoms with Crippen LogP contribution in [0.5, 0.6) is 11.5 Å². The Morgan fingerprint density at radius 3 is 1.82 bits per heavy atom. The fourth-order valence-corrected chi connectivity index (χ4v) is 5.31. The van der Waals surface area contributed by atoms with Crippen molar-refractivity contribution in [2.75, 3.05) is 4.90 Å². The van der Waals surface area contributed by atoms with Crippen molar-refractivity contribution in [3.63, 3.8) is 0 Å². The molecule has 0 amide bonds. The first kappa shape index (κ1) is 29.3. The number of rotatable bonds is 7. The quantitative estimate of drug-likeness (QED) is 0.230. The summed E-state index contributed by atoms with van der Waals surface area (Å²) in [6.45, 7) is 21.9. The molecule has 0 saturated carbocycles. The highest BCUT2D eigenvalue weighted by Gasteiger charge is 2.32. The Kier molecular flexibility index (Phi) is 9.31. The van der Waals surface area contributed by atoms with Gasteiger partial charge in [-0.25, -0.2) is 0 Å². The molecule has 3 aromatic carbocycles. The van der Waals surface area contributed by atoms with Gasteiger partial charge in [0, 0.05) is 5.69 Å². The van der Waals surface area contributed by atoms with E-state index < -0.39 is 0 Å². The highest BCUT2D eigenvalue weighted by Crippen LogP contribution is 2.51. The zero-order chi connectivity index (χ0) is 28.1. The van der Waals surface area contributed by atoms with Crippen LogP contribution in [0, 0.1) is 19.3 Å². The van der Waals surface area contributed by atoms with Crippen molar-refractivity contribution in [2.24, 2.45) is 5.41 Å². The monoisotopic (exact) mass is 509 g/mol. The summed E-state index contributed by atoms with van der Waals surface area (Å²) in [5.74, 6) is 1.81. The molecule has 38 heavy (non-hydrogen) atoms. The van der Waals surface area contributed by atoms with E-state index >= 15 is 0 Å². The molecule has 0 bridgehead atoms. The van der Waals surface area contributed by atoms with Crippen molar-refractivity contribution in [3.05, 3.63) is 101 Å². The maximum Gasteiger partial charge on any atom is 0.151 e. The number of fused-ring (bicyclic) bond motifs is 2. The minimum atomic E-state index is 0.0897. The topological polar surface area (TPSA) is 12.5 Å². The maximum atomic E-state index is 6.34. The van der Waals surface area contributed by atoms with Crippen molar-refractivity contribution in [1.29, 1.82) is 0 Å². The highest BCUT2D eigenvalue weighted by molar-refractivity contribution is 5.86. The minimum Gasteiger partial charge on any atom is -0.453 e. The van der Waals surface area contributed by atoms with E-state index in [9.17, 15) is 0 Å². The van der Waals surface area contributed by atoms with Crippen molar-refractivity contribution in [2.45, 2.75) is 87.5 Å². The molecule has 1 aliphatic rings. The molecule has 1 atom stereocenters. The predicted molar refractivity (Wildman–Crippen MR) is 167 cm³/mol. The molecule has 0 N–H and O–H groups in total. The van der Waals surface area contributed by atoms with Crippen LogP contribution in [0.4, 0.5) is 17.1 Å². The lowest BCUT2D eigenvalue weighted by Gasteiger charge is -2.37. The molecule has 0 aliphatic carbocycles. The van der Waals surface area contributed by atoms with Gasteiger partial charge in [0.2, 0.25) is 0 Å². The summed E-state index contributed by atoms with van der Waals surface area (Å²) in [6.07, 6.45) is 8.94. The molecular formula is C36H47NO. The number of anilines is 3. The zero-order valence-corrected chi connectivity index (χ0v) is 25.3. The lowest BCUT2D eigenvalue weighted by atomic mass is 9.68. The van der Waals surface area contributed by atoms with Gasteiger partial charge in [0.1, 0.15) is 0 Å². The second kappa shape index (κ2) is 12.1. The average Bonchev–Trinajstić information content (AvgIpc) is 2.87. The van der Waals surface area contributed by atoms with E-state index in [0.29, 0.717) is 0 Å². The molecular weight excluding hydrogens is 462 g/mol. The Morgan fingerprint density at radius 2 is 1.34 bits per heavy atom. The number of benzene rings is 3. The van der Waals surface area contributed by atoms with Crippen LogP contribution in [-0.2, 0) is 5.41 Å². The smallest absolute Gasteiger partial charge is 0.151 e. The van der Waals surface area contributed by atoms with Crippen LogP contribution < -0.4 is 9.64 Å². The highest BCUT2D eigenvalue weighted by atomic mass is 16.5. The molecule has 0 fully saturated rings. The van der Waals surface area contributed by atoms with Crippen LogP contribution in [-0.4, -0.2) is 0 Å². The summed E-state index contributed by atoms with van der Waals surface area (Å²) < 4.78 is 6.34. The predicted octanol–water partition coefficient (Wildman–Crippen LogP) is 11.5. The van der Waals surface area contributed by atoms with Gasteiger partial charge in [0.05, 0.1) is 11.4 Å². The average molecular weight is 510 g/mol. The molecule has 4 rings (SSSR count). The maximum absolute atomic E-state index is 6.34. The van der Waals surface area contributed by atoms with E-state index in [0.717, 1.165) is 41.4 Å². The normalized spacial score (nSPS) is 14.0. The van der Waals surface area contributed by atoms with E-state index in [4.69, 9.17) is 4.74 Å². The summed E-state index contributed by atoms with van der Waals surface area (Å²) in [4.78, 5) is 2.33. The molecule has 1 heterocycles. The zero-order valence-electron chi connectivity index (χ0n) is 25.3. The van der Waals surface area contributed by atoms with Crippen LogP contribution in [0.1, 0.15) is 84.9 Å². The largest absolute Gasteiger partial charge is 0.453 e. The van der Waals surface area contributed by atoms with Crippen LogP contribution in [0.15, 0.2) is 84.5 Å². The van der Waals surface area contributed by atoms with Gasteiger partial charge in [-0.2, -0.15) is 0 Å². The van der Waals surface area contributed by atoms with Crippen LogP contribution >= 0.6 is 0 Å². The summed E-state index contributed by atoms with van der Waals surface area (Å²) in [5.41, 5.74) is 8.60. The second-order valence-corrected chi connectivity index (χ2v) is 11.6. The molecule has 2 heteroatoms. The number of aryl methyl sites for hydroxylation is 2. The standard InChI is InChI=1S/C34H41NO.C2H6/c1-9-34(8,23-33(6,7)20-10-11-24(2)3)27-14-16-28(17-15-27)35-29-18-12-25(4)21-31(29)36-32-22-26(5)13-19-30(32)35;1-2/h10-22H,9,23H2,1-8H3;1-2H3/b20-10+;. The van der Waals surface area contributed by atoms with Crippen molar-refractivity contribution in [1.82, 2.24) is 0 Å². The van der Waals surface area contributed by atoms with Gasteiger partial charge in [-0.3, -0.25) is 0 Å². The summed E-state index contributed by atoms with van der Waals surface area (Å²) in [7, 11) is 0. The van der Waals surface area contributed by atoms with Gasteiger partial charge in [-0.1, -0.05) is 89.6 Å². The van der Waals surface area contributed by atoms with E-state index in [-0.39, 0.29) is 10.8 Å². The van der Waals surface area contributed by atoms with Crippen molar-refractivity contribution < 1.29 is 4.74 Å². The van der Waals surface area contributed by atoms with E-state index in [1.54, 1.807) is 0 Å². The molecule has 0 radical (unpaired) electrons. The third-order valence-corrected chi connectivity index (χ3v) is 7.36. The Morgan fingerprint density at radius 1 is 0.816 bits per heavy atom. The first-order valence-corrected chi connectivity index (χ1v) is 14.1. The number of ether oxygens (including phenoxy) is 1. The summed E-state index contributed by atoms with van der Waals surface area (Å²) in [5, 5.41) is 0. The fourth-order valence-electron chi connectivity index (χ4n) is 5.31. The van der Waals surface area contributed by atoms with Gasteiger partial charge >= 0.3 is 0 Å². The van der Waals surface area contributed by atoms with Gasteiger partial charge in [-0.05, 0) is 104 Å². The van der Waals surface area contributed by atoms with Crippen molar-refractivity contribution >= 4 is 17.1 Å². The SMILES string of the molecule is CC.CCC(C)(CC(C)(C)/C=C/C=C(C)C)c1ccc(N2c3ccc(C)cc3Oc3cc(C)ccc32)cc1. The molecule has 0 spiro atoms. The number of nitrogens with zero attached hydrogens (tertiary/aromatic N) is 1. The minimum absolute atomic E-state index is 0.0897. The van der Waals surface area contributed by atoms with Gasteiger partial charge in [0.15, 0.2) is 11.5 Å².